The van der Waals surface area contributed by atoms with Crippen LogP contribution in [0.15, 0.2) is 23.1 Å². The largest absolute Gasteiger partial charge is 0.318 e. The van der Waals surface area contributed by atoms with Crippen molar-refractivity contribution in [3.8, 4) is 0 Å². The number of hydrogen-bond acceptors (Lipinski definition) is 6. The first kappa shape index (κ1) is 15.3. The van der Waals surface area contributed by atoms with Crippen molar-refractivity contribution in [1.82, 2.24) is 4.72 Å². The SMILES string of the molecule is CCC(C)NS(=O)(=O)c1cccc(NN)c1[N+](=O)[O-]. The zero-order chi connectivity index (χ0) is 14.6. The van der Waals surface area contributed by atoms with E-state index < -0.39 is 25.5 Å². The molecular formula is C10H16N4O4S. The molecule has 0 saturated heterocycles. The first-order valence-electron chi connectivity index (χ1n) is 5.59. The summed E-state index contributed by atoms with van der Waals surface area (Å²) in [5.41, 5.74) is 1.50. The van der Waals surface area contributed by atoms with Gasteiger partial charge in [0.25, 0.3) is 0 Å². The van der Waals surface area contributed by atoms with Crippen LogP contribution in [0.3, 0.4) is 0 Å². The third kappa shape index (κ3) is 3.40. The molecule has 0 aliphatic rings. The number of nitrogens with two attached hydrogens (primary N) is 1. The number of nitro groups is 1. The summed E-state index contributed by atoms with van der Waals surface area (Å²) in [7, 11) is -3.97. The van der Waals surface area contributed by atoms with Gasteiger partial charge in [0.2, 0.25) is 10.0 Å². The predicted molar refractivity (Wildman–Crippen MR) is 71.0 cm³/mol. The molecule has 19 heavy (non-hydrogen) atoms. The smallest absolute Gasteiger partial charge is 0.313 e. The van der Waals surface area contributed by atoms with Crippen molar-refractivity contribution in [2.75, 3.05) is 5.43 Å². The molecule has 1 aromatic rings. The molecule has 1 atom stereocenters. The molecule has 8 nitrogen and oxygen atoms in total. The summed E-state index contributed by atoms with van der Waals surface area (Å²) in [4.78, 5) is 9.83. The Labute approximate surface area is 111 Å². The number of anilines is 1. The molecule has 0 bridgehead atoms. The Kier molecular flexibility index (Phi) is 4.81. The van der Waals surface area contributed by atoms with Crippen molar-refractivity contribution in [2.24, 2.45) is 5.84 Å². The van der Waals surface area contributed by atoms with Gasteiger partial charge in [-0.2, -0.15) is 0 Å². The van der Waals surface area contributed by atoms with Gasteiger partial charge in [0.1, 0.15) is 5.69 Å². The quantitative estimate of drug-likeness (QED) is 0.406. The molecule has 0 spiro atoms. The third-order valence-corrected chi connectivity index (χ3v) is 4.22. The number of nitrogens with zero attached hydrogens (tertiary/aromatic N) is 1. The normalized spacial score (nSPS) is 13.0. The van der Waals surface area contributed by atoms with Gasteiger partial charge in [0, 0.05) is 6.04 Å². The fourth-order valence-corrected chi connectivity index (χ4v) is 2.98. The summed E-state index contributed by atoms with van der Waals surface area (Å²) in [6.45, 7) is 3.48. The molecule has 0 fully saturated rings. The Morgan fingerprint density at radius 2 is 2.11 bits per heavy atom. The number of nitrogen functional groups attached to an aromatic ring is 1. The highest BCUT2D eigenvalue weighted by molar-refractivity contribution is 7.89. The second kappa shape index (κ2) is 5.95. The lowest BCUT2D eigenvalue weighted by molar-refractivity contribution is -0.386. The van der Waals surface area contributed by atoms with Crippen LogP contribution in [0.4, 0.5) is 11.4 Å². The minimum atomic E-state index is -3.97. The van der Waals surface area contributed by atoms with Gasteiger partial charge in [0.05, 0.1) is 4.92 Å². The van der Waals surface area contributed by atoms with E-state index in [0.29, 0.717) is 6.42 Å². The molecule has 9 heteroatoms. The van der Waals surface area contributed by atoms with Gasteiger partial charge in [-0.1, -0.05) is 13.0 Å². The molecule has 1 aromatic carbocycles. The van der Waals surface area contributed by atoms with Gasteiger partial charge in [-0.25, -0.2) is 13.1 Å². The molecular weight excluding hydrogens is 272 g/mol. The minimum Gasteiger partial charge on any atom is -0.318 e. The minimum absolute atomic E-state index is 0.0583. The molecule has 1 rings (SSSR count). The van der Waals surface area contributed by atoms with Gasteiger partial charge >= 0.3 is 5.69 Å². The predicted octanol–water partition coefficient (Wildman–Crippen LogP) is 0.957. The van der Waals surface area contributed by atoms with Crippen LogP contribution in [0.25, 0.3) is 0 Å². The lowest BCUT2D eigenvalue weighted by atomic mass is 10.3. The topological polar surface area (TPSA) is 127 Å². The average molecular weight is 288 g/mol. The van der Waals surface area contributed by atoms with E-state index in [9.17, 15) is 18.5 Å². The monoisotopic (exact) mass is 288 g/mol. The van der Waals surface area contributed by atoms with Crippen molar-refractivity contribution >= 4 is 21.4 Å². The van der Waals surface area contributed by atoms with Gasteiger partial charge in [-0.15, -0.1) is 0 Å². The van der Waals surface area contributed by atoms with E-state index in [0.717, 1.165) is 0 Å². The molecule has 0 aromatic heterocycles. The van der Waals surface area contributed by atoms with Crippen LogP contribution >= 0.6 is 0 Å². The number of para-hydroxylation sites is 1. The standard InChI is InChI=1S/C10H16N4O4S/c1-3-7(2)13-19(17,18)9-6-4-5-8(12-11)10(9)14(15)16/h4-7,12-13H,3,11H2,1-2H3. The van der Waals surface area contributed by atoms with Crippen molar-refractivity contribution in [3.05, 3.63) is 28.3 Å². The van der Waals surface area contributed by atoms with E-state index in [4.69, 9.17) is 5.84 Å². The molecule has 0 amide bonds. The highest BCUT2D eigenvalue weighted by Crippen LogP contribution is 2.31. The van der Waals surface area contributed by atoms with Crippen molar-refractivity contribution in [2.45, 2.75) is 31.2 Å². The summed E-state index contributed by atoms with van der Waals surface area (Å²) in [5.74, 6) is 5.16. The van der Waals surface area contributed by atoms with Gasteiger partial charge < -0.3 is 5.43 Å². The van der Waals surface area contributed by atoms with Crippen LogP contribution in [0.2, 0.25) is 0 Å². The third-order valence-electron chi connectivity index (χ3n) is 2.60. The van der Waals surface area contributed by atoms with Crippen molar-refractivity contribution in [3.63, 3.8) is 0 Å². The van der Waals surface area contributed by atoms with Gasteiger partial charge in [0.15, 0.2) is 4.90 Å². The van der Waals surface area contributed by atoms with Gasteiger partial charge in [-0.05, 0) is 25.5 Å². The second-order valence-electron chi connectivity index (χ2n) is 3.98. The number of sulfonamides is 1. The molecule has 1 unspecified atom stereocenters. The fraction of sp³-hybridized carbons (Fsp3) is 0.400. The number of rotatable bonds is 6. The fourth-order valence-electron chi connectivity index (χ4n) is 1.46. The highest BCUT2D eigenvalue weighted by atomic mass is 32.2. The highest BCUT2D eigenvalue weighted by Gasteiger charge is 2.29. The average Bonchev–Trinajstić information content (AvgIpc) is 2.36. The maximum Gasteiger partial charge on any atom is 0.313 e. The maximum absolute atomic E-state index is 12.1. The number of hydrazine groups is 1. The summed E-state index contributed by atoms with van der Waals surface area (Å²) >= 11 is 0. The summed E-state index contributed by atoms with van der Waals surface area (Å²) in [6, 6.07) is 3.57. The molecule has 0 heterocycles. The van der Waals surface area contributed by atoms with E-state index in [2.05, 4.69) is 10.1 Å². The summed E-state index contributed by atoms with van der Waals surface area (Å²) in [5, 5.41) is 11.0. The number of hydrogen-bond donors (Lipinski definition) is 3. The Morgan fingerprint density at radius 1 is 1.47 bits per heavy atom. The van der Waals surface area contributed by atoms with Crippen LogP contribution in [0.1, 0.15) is 20.3 Å². The Morgan fingerprint density at radius 3 is 2.58 bits per heavy atom. The second-order valence-corrected chi connectivity index (χ2v) is 5.67. The maximum atomic E-state index is 12.1. The molecule has 4 N–H and O–H groups in total. The van der Waals surface area contributed by atoms with Crippen LogP contribution in [0, 0.1) is 10.1 Å². The van der Waals surface area contributed by atoms with Crippen LogP contribution < -0.4 is 16.0 Å². The number of nitro benzene ring substituents is 1. The Bertz CT molecular complexity index is 573. The van der Waals surface area contributed by atoms with E-state index in [1.807, 2.05) is 0 Å². The summed E-state index contributed by atoms with van der Waals surface area (Å²) < 4.78 is 26.6. The molecule has 0 aliphatic heterocycles. The first-order valence-corrected chi connectivity index (χ1v) is 7.08. The van der Waals surface area contributed by atoms with E-state index in [1.54, 1.807) is 13.8 Å². The molecule has 0 saturated carbocycles. The number of nitrogens with one attached hydrogen (secondary N) is 2. The van der Waals surface area contributed by atoms with E-state index >= 15 is 0 Å². The zero-order valence-corrected chi connectivity index (χ0v) is 11.4. The molecule has 106 valence electrons. The lowest BCUT2D eigenvalue weighted by Crippen LogP contribution is -2.32. The van der Waals surface area contributed by atoms with E-state index in [-0.39, 0.29) is 11.7 Å². The van der Waals surface area contributed by atoms with Crippen LogP contribution in [-0.2, 0) is 10.0 Å². The number of benzene rings is 1. The summed E-state index contributed by atoms with van der Waals surface area (Å²) in [6.07, 6.45) is 0.571. The lowest BCUT2D eigenvalue weighted by Gasteiger charge is -2.13. The molecule has 0 aliphatic carbocycles. The zero-order valence-electron chi connectivity index (χ0n) is 10.6. The first-order chi connectivity index (χ1) is 8.83. The Hall–Kier alpha value is -1.71. The van der Waals surface area contributed by atoms with Crippen LogP contribution in [-0.4, -0.2) is 19.4 Å². The van der Waals surface area contributed by atoms with E-state index in [1.165, 1.54) is 18.2 Å². The van der Waals surface area contributed by atoms with Crippen molar-refractivity contribution < 1.29 is 13.3 Å². The van der Waals surface area contributed by atoms with Crippen molar-refractivity contribution in [1.29, 1.82) is 0 Å². The Balaban J connectivity index is 3.38. The van der Waals surface area contributed by atoms with Crippen LogP contribution in [0.5, 0.6) is 0 Å². The van der Waals surface area contributed by atoms with Gasteiger partial charge in [-0.3, -0.25) is 16.0 Å². The molecule has 0 radical (unpaired) electrons.